The molecule has 1 aliphatic heterocycles. The molecular formula is C11H20N2OS. The molecule has 2 fully saturated rings. The van der Waals surface area contributed by atoms with Crippen LogP contribution in [0.3, 0.4) is 0 Å². The van der Waals surface area contributed by atoms with Crippen molar-refractivity contribution < 1.29 is 4.79 Å². The molecule has 0 spiro atoms. The van der Waals surface area contributed by atoms with Crippen molar-refractivity contribution in [3.8, 4) is 0 Å². The van der Waals surface area contributed by atoms with E-state index in [0.717, 1.165) is 30.5 Å². The predicted octanol–water partition coefficient (Wildman–Crippen LogP) is 1.28. The Morgan fingerprint density at radius 3 is 2.80 bits per heavy atom. The Balaban J connectivity index is 1.92. The van der Waals surface area contributed by atoms with E-state index in [1.165, 1.54) is 12.8 Å². The topological polar surface area (TPSA) is 46.3 Å². The predicted molar refractivity (Wildman–Crippen MR) is 63.5 cm³/mol. The highest BCUT2D eigenvalue weighted by atomic mass is 32.2. The lowest BCUT2D eigenvalue weighted by molar-refractivity contribution is -0.132. The molecule has 1 heterocycles. The van der Waals surface area contributed by atoms with Crippen molar-refractivity contribution in [2.24, 2.45) is 17.6 Å². The van der Waals surface area contributed by atoms with Gasteiger partial charge < -0.3 is 10.6 Å². The van der Waals surface area contributed by atoms with Crippen molar-refractivity contribution >= 4 is 17.7 Å². The molecule has 2 atom stereocenters. The summed E-state index contributed by atoms with van der Waals surface area (Å²) in [6.07, 6.45) is 3.58. The van der Waals surface area contributed by atoms with Gasteiger partial charge in [0, 0.05) is 12.3 Å². The van der Waals surface area contributed by atoms with Gasteiger partial charge in [0.25, 0.3) is 0 Å². The van der Waals surface area contributed by atoms with Crippen molar-refractivity contribution in [2.45, 2.75) is 32.2 Å². The highest BCUT2D eigenvalue weighted by Gasteiger charge is 2.38. The number of carbonyl (C=O) groups is 1. The Morgan fingerprint density at radius 1 is 1.60 bits per heavy atom. The number of nitrogens with zero attached hydrogens (tertiary/aromatic N) is 1. The lowest BCUT2D eigenvalue weighted by Gasteiger charge is -2.25. The van der Waals surface area contributed by atoms with Crippen LogP contribution in [0.5, 0.6) is 0 Å². The first kappa shape index (κ1) is 11.3. The molecule has 15 heavy (non-hydrogen) atoms. The minimum atomic E-state index is -0.249. The van der Waals surface area contributed by atoms with Crippen LogP contribution in [0.2, 0.25) is 0 Å². The highest BCUT2D eigenvalue weighted by molar-refractivity contribution is 7.99. The minimum Gasteiger partial charge on any atom is -0.331 e. The lowest BCUT2D eigenvalue weighted by Crippen LogP contribution is -2.47. The summed E-state index contributed by atoms with van der Waals surface area (Å²) in [4.78, 5) is 14.0. The number of rotatable bonds is 4. The summed E-state index contributed by atoms with van der Waals surface area (Å²) < 4.78 is 0. The number of hydrogen-bond donors (Lipinski definition) is 1. The highest BCUT2D eigenvalue weighted by Crippen LogP contribution is 2.40. The molecule has 2 aliphatic rings. The number of thioether (sulfide) groups is 1. The summed E-state index contributed by atoms with van der Waals surface area (Å²) in [5.74, 6) is 3.23. The molecule has 0 aromatic carbocycles. The standard InChI is InChI=1S/C11H20N2OS/c1-2-9(8-3-4-8)10(12)11(14)13-5-6-15-7-13/h8-10H,2-7,12H2,1H3/t9?,10-/m0/s1. The van der Waals surface area contributed by atoms with Gasteiger partial charge in [-0.25, -0.2) is 0 Å². The molecule has 0 bridgehead atoms. The molecular weight excluding hydrogens is 208 g/mol. The van der Waals surface area contributed by atoms with Gasteiger partial charge in [-0.3, -0.25) is 4.79 Å². The minimum absolute atomic E-state index is 0.179. The molecule has 2 N–H and O–H groups in total. The van der Waals surface area contributed by atoms with Crippen LogP contribution >= 0.6 is 11.8 Å². The van der Waals surface area contributed by atoms with Crippen LogP contribution in [0, 0.1) is 11.8 Å². The fourth-order valence-electron chi connectivity index (χ4n) is 2.39. The summed E-state index contributed by atoms with van der Waals surface area (Å²) in [5, 5.41) is 0. The van der Waals surface area contributed by atoms with Gasteiger partial charge in [-0.2, -0.15) is 0 Å². The number of hydrogen-bond acceptors (Lipinski definition) is 3. The third-order valence-corrected chi connectivity index (χ3v) is 4.48. The van der Waals surface area contributed by atoms with Gasteiger partial charge in [-0.15, -0.1) is 11.8 Å². The SMILES string of the molecule is CCC(C1CC1)[C@H](N)C(=O)N1CCSC1. The summed E-state index contributed by atoms with van der Waals surface area (Å²) in [7, 11) is 0. The van der Waals surface area contributed by atoms with E-state index in [1.807, 2.05) is 16.7 Å². The third kappa shape index (κ3) is 2.48. The van der Waals surface area contributed by atoms with Gasteiger partial charge in [-0.05, 0) is 24.7 Å². The van der Waals surface area contributed by atoms with Crippen molar-refractivity contribution in [3.05, 3.63) is 0 Å². The largest absolute Gasteiger partial charge is 0.331 e. The molecule has 0 radical (unpaired) electrons. The van der Waals surface area contributed by atoms with Crippen molar-refractivity contribution in [1.29, 1.82) is 0 Å². The quantitative estimate of drug-likeness (QED) is 0.788. The number of amides is 1. The van der Waals surface area contributed by atoms with Crippen LogP contribution in [-0.4, -0.2) is 35.0 Å². The van der Waals surface area contributed by atoms with Gasteiger partial charge in [0.1, 0.15) is 0 Å². The number of nitrogens with two attached hydrogens (primary N) is 1. The maximum atomic E-state index is 12.1. The van der Waals surface area contributed by atoms with Crippen LogP contribution in [0.25, 0.3) is 0 Å². The molecule has 0 aromatic rings. The van der Waals surface area contributed by atoms with Crippen molar-refractivity contribution in [1.82, 2.24) is 4.90 Å². The lowest BCUT2D eigenvalue weighted by atomic mass is 9.91. The van der Waals surface area contributed by atoms with Crippen LogP contribution in [0.4, 0.5) is 0 Å². The normalized spacial score (nSPS) is 25.3. The first-order chi connectivity index (χ1) is 7.24. The Hall–Kier alpha value is -0.220. The average Bonchev–Trinajstić information content (AvgIpc) is 2.93. The Bertz CT molecular complexity index is 237. The van der Waals surface area contributed by atoms with E-state index in [2.05, 4.69) is 6.92 Å². The Kier molecular flexibility index (Phi) is 3.57. The van der Waals surface area contributed by atoms with Gasteiger partial charge in [0.15, 0.2) is 0 Å². The fourth-order valence-corrected chi connectivity index (χ4v) is 3.34. The number of carbonyl (C=O) groups excluding carboxylic acids is 1. The molecule has 0 aromatic heterocycles. The van der Waals surface area contributed by atoms with E-state index < -0.39 is 0 Å². The molecule has 1 saturated heterocycles. The zero-order chi connectivity index (χ0) is 10.8. The first-order valence-electron chi connectivity index (χ1n) is 5.86. The van der Waals surface area contributed by atoms with E-state index in [1.54, 1.807) is 0 Å². The molecule has 1 saturated carbocycles. The van der Waals surface area contributed by atoms with E-state index in [9.17, 15) is 4.79 Å². The van der Waals surface area contributed by atoms with Gasteiger partial charge in [-0.1, -0.05) is 13.3 Å². The Labute approximate surface area is 95.8 Å². The second-order valence-corrected chi connectivity index (χ2v) is 5.65. The molecule has 2 rings (SSSR count). The van der Waals surface area contributed by atoms with Crippen molar-refractivity contribution in [3.63, 3.8) is 0 Å². The maximum absolute atomic E-state index is 12.1. The average molecular weight is 228 g/mol. The van der Waals surface area contributed by atoms with Crippen molar-refractivity contribution in [2.75, 3.05) is 18.2 Å². The summed E-state index contributed by atoms with van der Waals surface area (Å²) in [6.45, 7) is 3.03. The summed E-state index contributed by atoms with van der Waals surface area (Å²) in [6, 6.07) is -0.249. The van der Waals surface area contributed by atoms with Gasteiger partial charge >= 0.3 is 0 Å². The van der Waals surface area contributed by atoms with E-state index in [-0.39, 0.29) is 11.9 Å². The smallest absolute Gasteiger partial charge is 0.240 e. The van der Waals surface area contributed by atoms with Gasteiger partial charge in [0.05, 0.1) is 11.9 Å². The van der Waals surface area contributed by atoms with Gasteiger partial charge in [0.2, 0.25) is 5.91 Å². The molecule has 4 heteroatoms. The summed E-state index contributed by atoms with van der Waals surface area (Å²) >= 11 is 1.82. The van der Waals surface area contributed by atoms with E-state index >= 15 is 0 Å². The second-order valence-electron chi connectivity index (χ2n) is 4.57. The second kappa shape index (κ2) is 4.74. The molecule has 1 unspecified atom stereocenters. The van der Waals surface area contributed by atoms with E-state index in [4.69, 9.17) is 5.73 Å². The Morgan fingerprint density at radius 2 is 2.33 bits per heavy atom. The molecule has 3 nitrogen and oxygen atoms in total. The van der Waals surface area contributed by atoms with Crippen LogP contribution in [0.15, 0.2) is 0 Å². The zero-order valence-electron chi connectivity index (χ0n) is 9.32. The van der Waals surface area contributed by atoms with Crippen LogP contribution in [0.1, 0.15) is 26.2 Å². The zero-order valence-corrected chi connectivity index (χ0v) is 10.1. The molecule has 86 valence electrons. The third-order valence-electron chi connectivity index (χ3n) is 3.51. The maximum Gasteiger partial charge on any atom is 0.240 e. The monoisotopic (exact) mass is 228 g/mol. The fraction of sp³-hybridized carbons (Fsp3) is 0.909. The molecule has 1 aliphatic carbocycles. The van der Waals surface area contributed by atoms with Crippen LogP contribution in [-0.2, 0) is 4.79 Å². The summed E-state index contributed by atoms with van der Waals surface area (Å²) in [5.41, 5.74) is 6.09. The van der Waals surface area contributed by atoms with E-state index in [0.29, 0.717) is 5.92 Å². The molecule has 1 amide bonds. The first-order valence-corrected chi connectivity index (χ1v) is 7.01. The van der Waals surface area contributed by atoms with Crippen LogP contribution < -0.4 is 5.73 Å².